The molecule has 3 aromatic rings. The molecule has 150 valence electrons. The molecule has 0 aliphatic rings. The number of aldehydes is 1. The Morgan fingerprint density at radius 1 is 0.862 bits per heavy atom. The Bertz CT molecular complexity index is 947. The van der Waals surface area contributed by atoms with E-state index < -0.39 is 0 Å². The minimum absolute atomic E-state index is 0.104. The van der Waals surface area contributed by atoms with E-state index in [0.717, 1.165) is 22.3 Å². The summed E-state index contributed by atoms with van der Waals surface area (Å²) in [7, 11) is 0. The van der Waals surface area contributed by atoms with Crippen molar-refractivity contribution in [2.75, 3.05) is 13.2 Å². The van der Waals surface area contributed by atoms with Crippen LogP contribution in [0.5, 0.6) is 17.8 Å². The average Bonchev–Trinajstić information content (AvgIpc) is 2.74. The molecule has 2 aromatic carbocycles. The molecule has 0 spiro atoms. The molecule has 0 radical (unpaired) electrons. The van der Waals surface area contributed by atoms with E-state index in [4.69, 9.17) is 14.2 Å². The number of benzene rings is 2. The summed E-state index contributed by atoms with van der Waals surface area (Å²) in [5.74, 6) is 0.316. The van der Waals surface area contributed by atoms with Crippen molar-refractivity contribution in [2.45, 2.75) is 27.4 Å². The molecule has 1 heterocycles. The third-order valence-corrected chi connectivity index (χ3v) is 4.42. The van der Waals surface area contributed by atoms with E-state index in [1.54, 1.807) is 0 Å². The maximum absolute atomic E-state index is 11.4. The number of carbonyl (C=O) groups excluding carboxylic acids is 1. The van der Waals surface area contributed by atoms with Gasteiger partial charge in [-0.15, -0.1) is 0 Å². The SMILES string of the molecule is CCOc1nc(OCc2cccc(-c3ccccc3)c2C)nc(OCC)c1C=O. The Labute approximate surface area is 170 Å². The summed E-state index contributed by atoms with van der Waals surface area (Å²) in [5.41, 5.74) is 4.62. The van der Waals surface area contributed by atoms with Crippen molar-refractivity contribution in [2.24, 2.45) is 0 Å². The van der Waals surface area contributed by atoms with Gasteiger partial charge in [0.05, 0.1) is 13.2 Å². The van der Waals surface area contributed by atoms with Crippen molar-refractivity contribution in [3.05, 3.63) is 65.2 Å². The fourth-order valence-electron chi connectivity index (χ4n) is 2.98. The Balaban J connectivity index is 1.87. The normalized spacial score (nSPS) is 10.4. The van der Waals surface area contributed by atoms with Gasteiger partial charge in [-0.05, 0) is 43.0 Å². The summed E-state index contributed by atoms with van der Waals surface area (Å²) in [5, 5.41) is 0. The van der Waals surface area contributed by atoms with Crippen LogP contribution in [0.15, 0.2) is 48.5 Å². The highest BCUT2D eigenvalue weighted by Gasteiger charge is 2.18. The monoisotopic (exact) mass is 392 g/mol. The molecule has 0 bridgehead atoms. The van der Waals surface area contributed by atoms with E-state index in [2.05, 4.69) is 35.1 Å². The molecular weight excluding hydrogens is 368 g/mol. The van der Waals surface area contributed by atoms with Crippen molar-refractivity contribution in [1.29, 1.82) is 0 Å². The van der Waals surface area contributed by atoms with Crippen LogP contribution in [-0.4, -0.2) is 29.5 Å². The highest BCUT2D eigenvalue weighted by Crippen LogP contribution is 2.28. The van der Waals surface area contributed by atoms with Crippen LogP contribution in [0, 0.1) is 6.92 Å². The van der Waals surface area contributed by atoms with Gasteiger partial charge in [0.25, 0.3) is 0 Å². The molecule has 0 unspecified atom stereocenters. The van der Waals surface area contributed by atoms with Crippen molar-refractivity contribution in [3.8, 4) is 28.9 Å². The van der Waals surface area contributed by atoms with Crippen LogP contribution in [0.4, 0.5) is 0 Å². The van der Waals surface area contributed by atoms with E-state index in [0.29, 0.717) is 19.5 Å². The van der Waals surface area contributed by atoms with Gasteiger partial charge in [-0.25, -0.2) is 0 Å². The summed E-state index contributed by atoms with van der Waals surface area (Å²) < 4.78 is 16.8. The van der Waals surface area contributed by atoms with Gasteiger partial charge in [0.2, 0.25) is 11.8 Å². The fraction of sp³-hybridized carbons (Fsp3) is 0.261. The standard InChI is InChI=1S/C23H24N2O4/c1-4-27-21-20(14-26)22(28-5-2)25-23(24-21)29-15-18-12-9-13-19(16(18)3)17-10-7-6-8-11-17/h6-14H,4-5,15H2,1-3H3. The Hall–Kier alpha value is -3.41. The van der Waals surface area contributed by atoms with Crippen molar-refractivity contribution in [3.63, 3.8) is 0 Å². The molecule has 0 saturated heterocycles. The first kappa shape index (κ1) is 20.3. The molecule has 0 aliphatic carbocycles. The molecule has 0 fully saturated rings. The molecule has 0 atom stereocenters. The Morgan fingerprint density at radius 3 is 2.10 bits per heavy atom. The predicted molar refractivity (Wildman–Crippen MR) is 111 cm³/mol. The van der Waals surface area contributed by atoms with Crippen molar-refractivity contribution < 1.29 is 19.0 Å². The van der Waals surface area contributed by atoms with Gasteiger partial charge in [-0.1, -0.05) is 48.5 Å². The zero-order valence-corrected chi connectivity index (χ0v) is 16.8. The van der Waals surface area contributed by atoms with E-state index in [1.165, 1.54) is 0 Å². The molecule has 6 heteroatoms. The first-order valence-electron chi connectivity index (χ1n) is 9.57. The van der Waals surface area contributed by atoms with Crippen LogP contribution in [0.25, 0.3) is 11.1 Å². The van der Waals surface area contributed by atoms with Crippen molar-refractivity contribution in [1.82, 2.24) is 9.97 Å². The van der Waals surface area contributed by atoms with Crippen LogP contribution in [0.3, 0.4) is 0 Å². The van der Waals surface area contributed by atoms with Crippen LogP contribution < -0.4 is 14.2 Å². The Kier molecular flexibility index (Phi) is 6.79. The third-order valence-electron chi connectivity index (χ3n) is 4.42. The van der Waals surface area contributed by atoms with Gasteiger partial charge in [-0.3, -0.25) is 4.79 Å². The maximum Gasteiger partial charge on any atom is 0.323 e. The number of hydrogen-bond acceptors (Lipinski definition) is 6. The minimum atomic E-state index is 0.104. The third kappa shape index (κ3) is 4.71. The van der Waals surface area contributed by atoms with Gasteiger partial charge in [-0.2, -0.15) is 9.97 Å². The number of aromatic nitrogens is 2. The molecule has 0 amide bonds. The predicted octanol–water partition coefficient (Wildman–Crippen LogP) is 4.64. The lowest BCUT2D eigenvalue weighted by Gasteiger charge is -2.14. The number of hydrogen-bond donors (Lipinski definition) is 0. The van der Waals surface area contributed by atoms with Gasteiger partial charge in [0.15, 0.2) is 6.29 Å². The first-order chi connectivity index (χ1) is 14.2. The topological polar surface area (TPSA) is 70.5 Å². The van der Waals surface area contributed by atoms with Crippen LogP contribution in [-0.2, 0) is 6.61 Å². The van der Waals surface area contributed by atoms with Crippen LogP contribution in [0.2, 0.25) is 0 Å². The largest absolute Gasteiger partial charge is 0.477 e. The number of carbonyl (C=O) groups is 1. The summed E-state index contributed by atoms with van der Waals surface area (Å²) in [6.45, 7) is 6.70. The summed E-state index contributed by atoms with van der Waals surface area (Å²) in [6, 6.07) is 16.4. The summed E-state index contributed by atoms with van der Waals surface area (Å²) in [6.07, 6.45) is 0.632. The lowest BCUT2D eigenvalue weighted by atomic mass is 9.97. The highest BCUT2D eigenvalue weighted by atomic mass is 16.5. The molecular formula is C23H24N2O4. The summed E-state index contributed by atoms with van der Waals surface area (Å²) >= 11 is 0. The zero-order valence-electron chi connectivity index (χ0n) is 16.8. The maximum atomic E-state index is 11.4. The van der Waals surface area contributed by atoms with E-state index in [-0.39, 0.29) is 29.9 Å². The highest BCUT2D eigenvalue weighted by molar-refractivity contribution is 5.81. The molecule has 0 aliphatic heterocycles. The average molecular weight is 392 g/mol. The number of ether oxygens (including phenoxy) is 3. The van der Waals surface area contributed by atoms with Gasteiger partial charge < -0.3 is 14.2 Å². The lowest BCUT2D eigenvalue weighted by Crippen LogP contribution is -2.09. The van der Waals surface area contributed by atoms with Gasteiger partial charge >= 0.3 is 6.01 Å². The fourth-order valence-corrected chi connectivity index (χ4v) is 2.98. The smallest absolute Gasteiger partial charge is 0.323 e. The van der Waals surface area contributed by atoms with Gasteiger partial charge in [0, 0.05) is 0 Å². The van der Waals surface area contributed by atoms with E-state index in [1.807, 2.05) is 44.2 Å². The van der Waals surface area contributed by atoms with E-state index in [9.17, 15) is 4.79 Å². The molecule has 0 saturated carbocycles. The molecule has 1 aromatic heterocycles. The first-order valence-corrected chi connectivity index (χ1v) is 9.57. The number of rotatable bonds is 9. The number of nitrogens with zero attached hydrogens (tertiary/aromatic N) is 2. The van der Waals surface area contributed by atoms with Crippen LogP contribution >= 0.6 is 0 Å². The minimum Gasteiger partial charge on any atom is -0.477 e. The molecule has 3 rings (SSSR count). The Morgan fingerprint density at radius 2 is 1.52 bits per heavy atom. The second-order valence-electron chi connectivity index (χ2n) is 6.26. The molecule has 6 nitrogen and oxygen atoms in total. The molecule has 0 N–H and O–H groups in total. The van der Waals surface area contributed by atoms with Crippen LogP contribution in [0.1, 0.15) is 35.3 Å². The lowest BCUT2D eigenvalue weighted by molar-refractivity contribution is 0.111. The van der Waals surface area contributed by atoms with Gasteiger partial charge in [0.1, 0.15) is 12.2 Å². The second-order valence-corrected chi connectivity index (χ2v) is 6.26. The van der Waals surface area contributed by atoms with Crippen molar-refractivity contribution >= 4 is 6.29 Å². The van der Waals surface area contributed by atoms with E-state index >= 15 is 0 Å². The zero-order chi connectivity index (χ0) is 20.6. The summed E-state index contributed by atoms with van der Waals surface area (Å²) in [4.78, 5) is 19.9. The quantitative estimate of drug-likeness (QED) is 0.494. The second kappa shape index (κ2) is 9.68. The molecule has 29 heavy (non-hydrogen) atoms.